The molecule has 2 nitrogen and oxygen atoms in total. The first kappa shape index (κ1) is 10.2. The summed E-state index contributed by atoms with van der Waals surface area (Å²) < 4.78 is 0. The van der Waals surface area contributed by atoms with Crippen LogP contribution in [0, 0.1) is 6.92 Å². The Balaban J connectivity index is 2.44. The van der Waals surface area contributed by atoms with E-state index in [9.17, 15) is 4.79 Å². The molecule has 0 unspecified atom stereocenters. The summed E-state index contributed by atoms with van der Waals surface area (Å²) in [5.74, 6) is 0.145. The van der Waals surface area contributed by atoms with Crippen molar-refractivity contribution in [2.45, 2.75) is 6.92 Å². The fourth-order valence-corrected chi connectivity index (χ4v) is 1.69. The van der Waals surface area contributed by atoms with Gasteiger partial charge in [0.1, 0.15) is 0 Å². The standard InChI is InChI=1S/C10H13NOS/c1-3-4-11-6-10(12)9-5-8(2)13-7-9/h3,5,7,11H,1,4,6H2,2H3. The Morgan fingerprint density at radius 3 is 3.08 bits per heavy atom. The summed E-state index contributed by atoms with van der Waals surface area (Å²) in [4.78, 5) is 12.6. The van der Waals surface area contributed by atoms with E-state index in [0.29, 0.717) is 13.1 Å². The number of aryl methyl sites for hydroxylation is 1. The molecule has 0 aliphatic carbocycles. The second-order valence-corrected chi connectivity index (χ2v) is 3.90. The first-order valence-electron chi connectivity index (χ1n) is 4.14. The van der Waals surface area contributed by atoms with Gasteiger partial charge in [-0.05, 0) is 13.0 Å². The average Bonchev–Trinajstić information content (AvgIpc) is 2.52. The van der Waals surface area contributed by atoms with Crippen molar-refractivity contribution in [3.05, 3.63) is 34.5 Å². The summed E-state index contributed by atoms with van der Waals surface area (Å²) in [6.45, 7) is 6.63. The van der Waals surface area contributed by atoms with Crippen molar-refractivity contribution < 1.29 is 4.79 Å². The van der Waals surface area contributed by atoms with Gasteiger partial charge in [-0.25, -0.2) is 0 Å². The van der Waals surface area contributed by atoms with Gasteiger partial charge in [0, 0.05) is 22.4 Å². The van der Waals surface area contributed by atoms with Crippen molar-refractivity contribution in [3.8, 4) is 0 Å². The minimum atomic E-state index is 0.145. The van der Waals surface area contributed by atoms with Gasteiger partial charge in [-0.2, -0.15) is 0 Å². The molecule has 0 aliphatic rings. The molecule has 0 atom stereocenters. The van der Waals surface area contributed by atoms with Crippen molar-refractivity contribution in [3.63, 3.8) is 0 Å². The smallest absolute Gasteiger partial charge is 0.177 e. The van der Waals surface area contributed by atoms with Crippen LogP contribution in [0.4, 0.5) is 0 Å². The van der Waals surface area contributed by atoms with Gasteiger partial charge in [0.2, 0.25) is 0 Å². The van der Waals surface area contributed by atoms with Gasteiger partial charge >= 0.3 is 0 Å². The number of hydrogen-bond donors (Lipinski definition) is 1. The number of Topliss-reactive ketones (excluding diaryl/α,β-unsaturated/α-hetero) is 1. The van der Waals surface area contributed by atoms with E-state index in [4.69, 9.17) is 0 Å². The molecule has 0 fully saturated rings. The molecule has 1 heterocycles. The summed E-state index contributed by atoms with van der Waals surface area (Å²) in [5.41, 5.74) is 0.805. The summed E-state index contributed by atoms with van der Waals surface area (Å²) in [6, 6.07) is 1.92. The molecule has 0 bridgehead atoms. The predicted octanol–water partition coefficient (Wildman–Crippen LogP) is 2.01. The number of hydrogen-bond acceptors (Lipinski definition) is 3. The molecule has 0 saturated heterocycles. The zero-order valence-corrected chi connectivity index (χ0v) is 8.49. The number of carbonyl (C=O) groups excluding carboxylic acids is 1. The zero-order valence-electron chi connectivity index (χ0n) is 7.67. The maximum atomic E-state index is 11.4. The zero-order chi connectivity index (χ0) is 9.68. The Bertz CT molecular complexity index is 304. The van der Waals surface area contributed by atoms with Crippen LogP contribution in [0.2, 0.25) is 0 Å². The van der Waals surface area contributed by atoms with Crippen LogP contribution in [-0.2, 0) is 0 Å². The SMILES string of the molecule is C=CCNCC(=O)c1csc(C)c1. The third kappa shape index (κ3) is 3.13. The molecule has 0 aliphatic heterocycles. The minimum absolute atomic E-state index is 0.145. The van der Waals surface area contributed by atoms with Gasteiger partial charge in [0.25, 0.3) is 0 Å². The van der Waals surface area contributed by atoms with E-state index < -0.39 is 0 Å². The number of thiophene rings is 1. The molecular formula is C10H13NOS. The molecule has 70 valence electrons. The van der Waals surface area contributed by atoms with E-state index in [2.05, 4.69) is 11.9 Å². The Labute approximate surface area is 82.3 Å². The minimum Gasteiger partial charge on any atom is -0.306 e. The second-order valence-electron chi connectivity index (χ2n) is 2.79. The van der Waals surface area contributed by atoms with E-state index in [1.807, 2.05) is 18.4 Å². The highest BCUT2D eigenvalue weighted by Gasteiger charge is 2.05. The first-order chi connectivity index (χ1) is 6.24. The fourth-order valence-electron chi connectivity index (χ4n) is 0.979. The molecule has 1 aromatic rings. The van der Waals surface area contributed by atoms with Crippen LogP contribution in [0.3, 0.4) is 0 Å². The van der Waals surface area contributed by atoms with E-state index in [0.717, 1.165) is 5.56 Å². The number of ketones is 1. The third-order valence-electron chi connectivity index (χ3n) is 1.63. The average molecular weight is 195 g/mol. The van der Waals surface area contributed by atoms with Crippen molar-refractivity contribution in [2.75, 3.05) is 13.1 Å². The molecule has 1 rings (SSSR count). The molecule has 0 spiro atoms. The molecule has 0 saturated carbocycles. The molecule has 0 radical (unpaired) electrons. The lowest BCUT2D eigenvalue weighted by molar-refractivity contribution is 0.0993. The molecule has 1 aromatic heterocycles. The molecular weight excluding hydrogens is 182 g/mol. The highest BCUT2D eigenvalue weighted by molar-refractivity contribution is 7.10. The lowest BCUT2D eigenvalue weighted by atomic mass is 10.2. The van der Waals surface area contributed by atoms with Gasteiger partial charge in [0.15, 0.2) is 5.78 Å². The van der Waals surface area contributed by atoms with E-state index in [-0.39, 0.29) is 5.78 Å². The van der Waals surface area contributed by atoms with Gasteiger partial charge in [-0.1, -0.05) is 6.08 Å². The third-order valence-corrected chi connectivity index (χ3v) is 2.49. The number of carbonyl (C=O) groups is 1. The van der Waals surface area contributed by atoms with E-state index >= 15 is 0 Å². The second kappa shape index (κ2) is 4.94. The fraction of sp³-hybridized carbons (Fsp3) is 0.300. The van der Waals surface area contributed by atoms with E-state index in [1.54, 1.807) is 17.4 Å². The van der Waals surface area contributed by atoms with Gasteiger partial charge in [0.05, 0.1) is 6.54 Å². The van der Waals surface area contributed by atoms with Crippen molar-refractivity contribution in [2.24, 2.45) is 0 Å². The highest BCUT2D eigenvalue weighted by Crippen LogP contribution is 2.12. The van der Waals surface area contributed by atoms with Crippen LogP contribution >= 0.6 is 11.3 Å². The van der Waals surface area contributed by atoms with Crippen molar-refractivity contribution in [1.82, 2.24) is 5.32 Å². The van der Waals surface area contributed by atoms with Crippen molar-refractivity contribution >= 4 is 17.1 Å². The van der Waals surface area contributed by atoms with Crippen LogP contribution in [0.15, 0.2) is 24.1 Å². The summed E-state index contributed by atoms with van der Waals surface area (Å²) in [7, 11) is 0. The maximum absolute atomic E-state index is 11.4. The van der Waals surface area contributed by atoms with Crippen LogP contribution in [-0.4, -0.2) is 18.9 Å². The highest BCUT2D eigenvalue weighted by atomic mass is 32.1. The van der Waals surface area contributed by atoms with Crippen LogP contribution in [0.5, 0.6) is 0 Å². The van der Waals surface area contributed by atoms with Gasteiger partial charge in [-0.15, -0.1) is 17.9 Å². The molecule has 3 heteroatoms. The Morgan fingerprint density at radius 1 is 1.77 bits per heavy atom. The van der Waals surface area contributed by atoms with Gasteiger partial charge < -0.3 is 5.32 Å². The maximum Gasteiger partial charge on any atom is 0.177 e. The van der Waals surface area contributed by atoms with Crippen LogP contribution < -0.4 is 5.32 Å². The lowest BCUT2D eigenvalue weighted by Crippen LogP contribution is -2.22. The molecule has 0 aromatic carbocycles. The topological polar surface area (TPSA) is 29.1 Å². The Kier molecular flexibility index (Phi) is 3.86. The van der Waals surface area contributed by atoms with Gasteiger partial charge in [-0.3, -0.25) is 4.79 Å². The quantitative estimate of drug-likeness (QED) is 0.442. The summed E-state index contributed by atoms with van der Waals surface area (Å²) in [5, 5.41) is 4.88. The van der Waals surface area contributed by atoms with E-state index in [1.165, 1.54) is 4.88 Å². The monoisotopic (exact) mass is 195 g/mol. The summed E-state index contributed by atoms with van der Waals surface area (Å²) in [6.07, 6.45) is 1.74. The first-order valence-corrected chi connectivity index (χ1v) is 5.02. The predicted molar refractivity (Wildman–Crippen MR) is 56.5 cm³/mol. The normalized spacial score (nSPS) is 9.92. The molecule has 13 heavy (non-hydrogen) atoms. The lowest BCUT2D eigenvalue weighted by Gasteiger charge is -1.97. The largest absolute Gasteiger partial charge is 0.306 e. The van der Waals surface area contributed by atoms with Crippen molar-refractivity contribution in [1.29, 1.82) is 0 Å². The van der Waals surface area contributed by atoms with Crippen LogP contribution in [0.25, 0.3) is 0 Å². The molecule has 1 N–H and O–H groups in total. The molecule has 0 amide bonds. The Morgan fingerprint density at radius 2 is 2.54 bits per heavy atom. The van der Waals surface area contributed by atoms with Crippen LogP contribution in [0.1, 0.15) is 15.2 Å². The number of nitrogens with one attached hydrogen (secondary N) is 1. The Hall–Kier alpha value is -0.930. The number of rotatable bonds is 5. The summed E-state index contributed by atoms with van der Waals surface area (Å²) >= 11 is 1.60.